The van der Waals surface area contributed by atoms with Gasteiger partial charge in [-0.3, -0.25) is 0 Å². The lowest BCUT2D eigenvalue weighted by atomic mass is 10.2. The predicted octanol–water partition coefficient (Wildman–Crippen LogP) is 0.742. The standard InChI is InChI=1S/C10H5NO2/c1-3-8-5-7(10(12)13)6-9(4-2)11-8/h1-2,5-6H,(H,12,13). The Kier molecular flexibility index (Phi) is 2.33. The Morgan fingerprint density at radius 2 is 1.77 bits per heavy atom. The fourth-order valence-electron chi connectivity index (χ4n) is 0.802. The zero-order valence-corrected chi connectivity index (χ0v) is 6.61. The monoisotopic (exact) mass is 171 g/mol. The van der Waals surface area contributed by atoms with E-state index in [1.54, 1.807) is 0 Å². The average molecular weight is 171 g/mol. The molecule has 0 saturated heterocycles. The highest BCUT2D eigenvalue weighted by Crippen LogP contribution is 2.04. The van der Waals surface area contributed by atoms with Crippen molar-refractivity contribution < 1.29 is 9.90 Å². The Morgan fingerprint density at radius 3 is 2.08 bits per heavy atom. The molecule has 1 N–H and O–H groups in total. The fraction of sp³-hybridized carbons (Fsp3) is 0. The number of carboxylic acids is 1. The van der Waals surface area contributed by atoms with E-state index in [9.17, 15) is 4.79 Å². The number of hydrogen-bond donors (Lipinski definition) is 1. The first kappa shape index (κ1) is 8.83. The molecule has 3 nitrogen and oxygen atoms in total. The Morgan fingerprint density at radius 1 is 1.31 bits per heavy atom. The quantitative estimate of drug-likeness (QED) is 0.634. The summed E-state index contributed by atoms with van der Waals surface area (Å²) in [5, 5.41) is 8.66. The molecule has 0 amide bonds. The molecule has 0 atom stereocenters. The summed E-state index contributed by atoms with van der Waals surface area (Å²) in [6.45, 7) is 0. The Balaban J connectivity index is 3.35. The van der Waals surface area contributed by atoms with Gasteiger partial charge in [-0.2, -0.15) is 0 Å². The zero-order chi connectivity index (χ0) is 9.84. The molecule has 1 rings (SSSR count). The largest absolute Gasteiger partial charge is 0.478 e. The van der Waals surface area contributed by atoms with Gasteiger partial charge in [0.25, 0.3) is 0 Å². The van der Waals surface area contributed by atoms with Crippen LogP contribution in [-0.4, -0.2) is 16.1 Å². The highest BCUT2D eigenvalue weighted by atomic mass is 16.4. The van der Waals surface area contributed by atoms with Crippen molar-refractivity contribution in [1.29, 1.82) is 0 Å². The lowest BCUT2D eigenvalue weighted by Crippen LogP contribution is -2.00. The summed E-state index contributed by atoms with van der Waals surface area (Å²) >= 11 is 0. The molecule has 13 heavy (non-hydrogen) atoms. The number of nitrogens with zero attached hydrogens (tertiary/aromatic N) is 1. The molecule has 3 heteroatoms. The minimum Gasteiger partial charge on any atom is -0.478 e. The lowest BCUT2D eigenvalue weighted by molar-refractivity contribution is 0.0696. The average Bonchev–Trinajstić information content (AvgIpc) is 2.16. The third-order valence-corrected chi connectivity index (χ3v) is 1.37. The molecule has 0 aliphatic heterocycles. The van der Waals surface area contributed by atoms with E-state index < -0.39 is 5.97 Å². The summed E-state index contributed by atoms with van der Waals surface area (Å²) in [5.74, 6) is 3.38. The topological polar surface area (TPSA) is 50.2 Å². The van der Waals surface area contributed by atoms with Crippen LogP contribution in [0.25, 0.3) is 0 Å². The summed E-state index contributed by atoms with van der Waals surface area (Å²) in [4.78, 5) is 14.4. The second kappa shape index (κ2) is 3.42. The van der Waals surface area contributed by atoms with Gasteiger partial charge in [0.2, 0.25) is 0 Å². The molecule has 0 fully saturated rings. The third kappa shape index (κ3) is 1.85. The molecular formula is C10H5NO2. The minimum atomic E-state index is -1.07. The van der Waals surface area contributed by atoms with Crippen molar-refractivity contribution in [2.75, 3.05) is 0 Å². The number of terminal acetylenes is 2. The van der Waals surface area contributed by atoms with Gasteiger partial charge >= 0.3 is 5.97 Å². The number of aromatic carboxylic acids is 1. The van der Waals surface area contributed by atoms with Crippen molar-refractivity contribution in [2.24, 2.45) is 0 Å². The summed E-state index contributed by atoms with van der Waals surface area (Å²) in [6.07, 6.45) is 10.1. The van der Waals surface area contributed by atoms with E-state index in [0.29, 0.717) is 0 Å². The Hall–Kier alpha value is -2.26. The second-order valence-electron chi connectivity index (χ2n) is 2.22. The van der Waals surface area contributed by atoms with Crippen LogP contribution < -0.4 is 0 Å². The molecule has 1 heterocycles. The summed E-state index contributed by atoms with van der Waals surface area (Å²) in [5.41, 5.74) is 0.511. The molecule has 62 valence electrons. The van der Waals surface area contributed by atoms with Crippen LogP contribution in [-0.2, 0) is 0 Å². The first-order valence-corrected chi connectivity index (χ1v) is 3.36. The van der Waals surface area contributed by atoms with Crippen molar-refractivity contribution >= 4 is 5.97 Å². The van der Waals surface area contributed by atoms with Gasteiger partial charge in [0, 0.05) is 0 Å². The first-order chi connectivity index (χ1) is 6.17. The smallest absolute Gasteiger partial charge is 0.335 e. The lowest BCUT2D eigenvalue weighted by Gasteiger charge is -1.96. The van der Waals surface area contributed by atoms with Gasteiger partial charge in [-0.15, -0.1) is 12.8 Å². The number of carbonyl (C=O) groups is 1. The fourth-order valence-corrected chi connectivity index (χ4v) is 0.802. The predicted molar refractivity (Wildman–Crippen MR) is 47.1 cm³/mol. The molecule has 0 aromatic carbocycles. The van der Waals surface area contributed by atoms with Crippen LogP contribution in [0.2, 0.25) is 0 Å². The maximum atomic E-state index is 10.6. The van der Waals surface area contributed by atoms with Gasteiger partial charge < -0.3 is 5.11 Å². The molecular weight excluding hydrogens is 166 g/mol. The van der Waals surface area contributed by atoms with Crippen molar-refractivity contribution in [2.45, 2.75) is 0 Å². The van der Waals surface area contributed by atoms with E-state index >= 15 is 0 Å². The molecule has 0 aliphatic carbocycles. The SMILES string of the molecule is C#Cc1cc(C(=O)O)cc(C#C)n1. The van der Waals surface area contributed by atoms with Crippen molar-refractivity contribution in [1.82, 2.24) is 4.98 Å². The van der Waals surface area contributed by atoms with Crippen LogP contribution in [0.3, 0.4) is 0 Å². The number of aromatic nitrogens is 1. The number of carboxylic acid groups (broad SMARTS) is 1. The molecule has 1 aromatic heterocycles. The van der Waals surface area contributed by atoms with Gasteiger partial charge in [-0.05, 0) is 12.1 Å². The summed E-state index contributed by atoms with van der Waals surface area (Å²) in [7, 11) is 0. The van der Waals surface area contributed by atoms with E-state index in [2.05, 4.69) is 16.8 Å². The summed E-state index contributed by atoms with van der Waals surface area (Å²) < 4.78 is 0. The highest BCUT2D eigenvalue weighted by Gasteiger charge is 2.05. The van der Waals surface area contributed by atoms with Crippen LogP contribution in [0.4, 0.5) is 0 Å². The maximum Gasteiger partial charge on any atom is 0.335 e. The van der Waals surface area contributed by atoms with Gasteiger partial charge in [-0.25, -0.2) is 9.78 Å². The van der Waals surface area contributed by atoms with E-state index in [1.165, 1.54) is 12.1 Å². The number of hydrogen-bond acceptors (Lipinski definition) is 2. The van der Waals surface area contributed by atoms with Crippen LogP contribution in [0.1, 0.15) is 21.7 Å². The van der Waals surface area contributed by atoms with Crippen LogP contribution >= 0.6 is 0 Å². The molecule has 0 saturated carbocycles. The second-order valence-corrected chi connectivity index (χ2v) is 2.22. The molecule has 0 unspecified atom stereocenters. The zero-order valence-electron chi connectivity index (χ0n) is 6.61. The molecule has 1 aromatic rings. The van der Waals surface area contributed by atoms with Crippen LogP contribution in [0, 0.1) is 24.7 Å². The van der Waals surface area contributed by atoms with Crippen LogP contribution in [0.5, 0.6) is 0 Å². The molecule has 0 aliphatic rings. The number of pyridine rings is 1. The van der Waals surface area contributed by atoms with Gasteiger partial charge in [0.05, 0.1) is 5.56 Å². The van der Waals surface area contributed by atoms with Gasteiger partial charge in [-0.1, -0.05) is 11.8 Å². The number of rotatable bonds is 1. The third-order valence-electron chi connectivity index (χ3n) is 1.37. The molecule has 0 bridgehead atoms. The van der Waals surface area contributed by atoms with E-state index in [4.69, 9.17) is 18.0 Å². The maximum absolute atomic E-state index is 10.6. The minimum absolute atomic E-state index is 0.0518. The molecule has 0 radical (unpaired) electrons. The van der Waals surface area contributed by atoms with Gasteiger partial charge in [0.1, 0.15) is 11.4 Å². The Labute approximate surface area is 75.4 Å². The van der Waals surface area contributed by atoms with Crippen molar-refractivity contribution in [3.63, 3.8) is 0 Å². The Bertz CT molecular complexity index is 403. The summed E-state index contributed by atoms with van der Waals surface area (Å²) in [6, 6.07) is 2.59. The normalized spacial score (nSPS) is 8.46. The van der Waals surface area contributed by atoms with E-state index in [0.717, 1.165) is 0 Å². The van der Waals surface area contributed by atoms with Crippen molar-refractivity contribution in [3.8, 4) is 24.7 Å². The van der Waals surface area contributed by atoms with Crippen molar-refractivity contribution in [3.05, 3.63) is 29.1 Å². The highest BCUT2D eigenvalue weighted by molar-refractivity contribution is 5.88. The van der Waals surface area contributed by atoms with E-state index in [1.807, 2.05) is 0 Å². The van der Waals surface area contributed by atoms with E-state index in [-0.39, 0.29) is 17.0 Å². The first-order valence-electron chi connectivity index (χ1n) is 3.36. The van der Waals surface area contributed by atoms with Gasteiger partial charge in [0.15, 0.2) is 0 Å². The molecule has 0 spiro atoms. The van der Waals surface area contributed by atoms with Crippen LogP contribution in [0.15, 0.2) is 12.1 Å².